The van der Waals surface area contributed by atoms with Gasteiger partial charge in [0.2, 0.25) is 0 Å². The maximum Gasteiger partial charge on any atom is 0.307 e. The SMILES string of the molecule is C=C(C)C#CC(OC(=O)CCCC)C(C)CCC. The lowest BCUT2D eigenvalue weighted by atomic mass is 9.99. The molecule has 2 nitrogen and oxygen atoms in total. The standard InChI is InChI=1S/C16H26O2/c1-6-8-10-16(17)18-15(12-11-13(3)4)14(5)9-7-2/h14-15H,3,6-10H2,1-2,4-5H3. The van der Waals surface area contributed by atoms with Gasteiger partial charge in [-0.25, -0.2) is 0 Å². The number of esters is 1. The summed E-state index contributed by atoms with van der Waals surface area (Å²) in [6, 6.07) is 0. The molecule has 0 N–H and O–H groups in total. The second-order valence-electron chi connectivity index (χ2n) is 4.83. The van der Waals surface area contributed by atoms with Crippen LogP contribution in [0, 0.1) is 17.8 Å². The van der Waals surface area contributed by atoms with Crippen molar-refractivity contribution in [2.45, 2.75) is 65.9 Å². The van der Waals surface area contributed by atoms with Gasteiger partial charge in [0.05, 0.1) is 0 Å². The second-order valence-corrected chi connectivity index (χ2v) is 4.83. The molecule has 0 aliphatic rings. The predicted molar refractivity (Wildman–Crippen MR) is 76.1 cm³/mol. The topological polar surface area (TPSA) is 26.3 Å². The molecule has 0 aliphatic carbocycles. The molecule has 2 heteroatoms. The van der Waals surface area contributed by atoms with Gasteiger partial charge in [-0.2, -0.15) is 0 Å². The van der Waals surface area contributed by atoms with Crippen LogP contribution >= 0.6 is 0 Å². The van der Waals surface area contributed by atoms with Crippen molar-refractivity contribution in [1.82, 2.24) is 0 Å². The Bertz CT molecular complexity index is 320. The van der Waals surface area contributed by atoms with Crippen LogP contribution in [0.15, 0.2) is 12.2 Å². The molecular weight excluding hydrogens is 224 g/mol. The average Bonchev–Trinajstić information content (AvgIpc) is 2.31. The minimum Gasteiger partial charge on any atom is -0.449 e. The third-order valence-corrected chi connectivity index (χ3v) is 2.68. The summed E-state index contributed by atoms with van der Waals surface area (Å²) in [4.78, 5) is 11.7. The van der Waals surface area contributed by atoms with E-state index < -0.39 is 0 Å². The number of hydrogen-bond acceptors (Lipinski definition) is 2. The maximum atomic E-state index is 11.7. The van der Waals surface area contributed by atoms with Gasteiger partial charge in [0.15, 0.2) is 6.10 Å². The number of carbonyl (C=O) groups excluding carboxylic acids is 1. The van der Waals surface area contributed by atoms with Crippen LogP contribution < -0.4 is 0 Å². The lowest BCUT2D eigenvalue weighted by Gasteiger charge is -2.19. The van der Waals surface area contributed by atoms with Gasteiger partial charge in [-0.1, -0.05) is 52.0 Å². The summed E-state index contributed by atoms with van der Waals surface area (Å²) >= 11 is 0. The molecule has 0 bridgehead atoms. The van der Waals surface area contributed by atoms with Gasteiger partial charge in [0.1, 0.15) is 0 Å². The number of ether oxygens (including phenoxy) is 1. The fourth-order valence-electron chi connectivity index (χ4n) is 1.61. The molecule has 0 heterocycles. The molecule has 0 radical (unpaired) electrons. The summed E-state index contributed by atoms with van der Waals surface area (Å²) in [5, 5.41) is 0. The van der Waals surface area contributed by atoms with E-state index in [0.717, 1.165) is 31.3 Å². The Morgan fingerprint density at radius 3 is 2.50 bits per heavy atom. The van der Waals surface area contributed by atoms with Crippen molar-refractivity contribution < 1.29 is 9.53 Å². The number of hydrogen-bond donors (Lipinski definition) is 0. The van der Waals surface area contributed by atoms with Gasteiger partial charge in [0.25, 0.3) is 0 Å². The zero-order valence-corrected chi connectivity index (χ0v) is 12.2. The van der Waals surface area contributed by atoms with Gasteiger partial charge in [0, 0.05) is 12.3 Å². The summed E-state index contributed by atoms with van der Waals surface area (Å²) in [7, 11) is 0. The minimum atomic E-state index is -0.300. The van der Waals surface area contributed by atoms with Gasteiger partial charge >= 0.3 is 5.97 Å². The Kier molecular flexibility index (Phi) is 9.10. The fourth-order valence-corrected chi connectivity index (χ4v) is 1.61. The third kappa shape index (κ3) is 7.95. The summed E-state index contributed by atoms with van der Waals surface area (Å²) < 4.78 is 5.46. The molecule has 0 saturated heterocycles. The molecule has 0 spiro atoms. The third-order valence-electron chi connectivity index (χ3n) is 2.68. The van der Waals surface area contributed by atoms with E-state index in [0.29, 0.717) is 6.42 Å². The fraction of sp³-hybridized carbons (Fsp3) is 0.688. The van der Waals surface area contributed by atoms with Crippen molar-refractivity contribution in [3.8, 4) is 11.8 Å². The van der Waals surface area contributed by atoms with Crippen LogP contribution in [0.3, 0.4) is 0 Å². The Labute approximate surface area is 112 Å². The molecule has 0 saturated carbocycles. The van der Waals surface area contributed by atoms with Crippen molar-refractivity contribution in [1.29, 1.82) is 0 Å². The van der Waals surface area contributed by atoms with Gasteiger partial charge in [-0.05, 0) is 25.3 Å². The summed E-state index contributed by atoms with van der Waals surface area (Å²) in [6.45, 7) is 11.9. The zero-order valence-electron chi connectivity index (χ0n) is 12.2. The Hall–Kier alpha value is -1.23. The van der Waals surface area contributed by atoms with E-state index in [2.05, 4.69) is 39.2 Å². The molecule has 0 aromatic heterocycles. The lowest BCUT2D eigenvalue weighted by molar-refractivity contribution is -0.148. The van der Waals surface area contributed by atoms with Gasteiger partial charge in [-0.15, -0.1) is 0 Å². The van der Waals surface area contributed by atoms with Gasteiger partial charge < -0.3 is 4.74 Å². The van der Waals surface area contributed by atoms with Crippen molar-refractivity contribution in [2.75, 3.05) is 0 Å². The Morgan fingerprint density at radius 1 is 1.33 bits per heavy atom. The molecule has 0 fully saturated rings. The summed E-state index contributed by atoms with van der Waals surface area (Å²) in [5.74, 6) is 6.08. The van der Waals surface area contributed by atoms with Crippen LogP contribution in [0.4, 0.5) is 0 Å². The highest BCUT2D eigenvalue weighted by atomic mass is 16.5. The molecule has 2 atom stereocenters. The van der Waals surface area contributed by atoms with Crippen molar-refractivity contribution in [3.05, 3.63) is 12.2 Å². The highest BCUT2D eigenvalue weighted by Crippen LogP contribution is 2.15. The van der Waals surface area contributed by atoms with Crippen LogP contribution in [-0.2, 0) is 9.53 Å². The average molecular weight is 250 g/mol. The van der Waals surface area contributed by atoms with Crippen molar-refractivity contribution in [3.63, 3.8) is 0 Å². The Morgan fingerprint density at radius 2 is 2.00 bits per heavy atom. The first-order valence-corrected chi connectivity index (χ1v) is 6.87. The minimum absolute atomic E-state index is 0.138. The predicted octanol–water partition coefficient (Wildman–Crippen LogP) is 4.10. The largest absolute Gasteiger partial charge is 0.449 e. The monoisotopic (exact) mass is 250 g/mol. The lowest BCUT2D eigenvalue weighted by Crippen LogP contribution is -2.23. The molecule has 2 unspecified atom stereocenters. The van der Waals surface area contributed by atoms with E-state index in [1.807, 2.05) is 6.92 Å². The van der Waals surface area contributed by atoms with Gasteiger partial charge in [-0.3, -0.25) is 4.79 Å². The molecule has 102 valence electrons. The Balaban J connectivity index is 4.52. The first kappa shape index (κ1) is 16.8. The van der Waals surface area contributed by atoms with E-state index in [4.69, 9.17) is 4.74 Å². The molecular formula is C16H26O2. The van der Waals surface area contributed by atoms with Crippen LogP contribution in [0.25, 0.3) is 0 Å². The van der Waals surface area contributed by atoms with Crippen LogP contribution in [-0.4, -0.2) is 12.1 Å². The molecule has 18 heavy (non-hydrogen) atoms. The number of allylic oxidation sites excluding steroid dienone is 1. The van der Waals surface area contributed by atoms with E-state index in [9.17, 15) is 4.79 Å². The first-order chi connectivity index (χ1) is 8.51. The molecule has 0 rings (SSSR count). The van der Waals surface area contributed by atoms with Crippen molar-refractivity contribution >= 4 is 5.97 Å². The second kappa shape index (κ2) is 9.76. The van der Waals surface area contributed by atoms with Crippen LogP contribution in [0.1, 0.15) is 59.8 Å². The van der Waals surface area contributed by atoms with E-state index in [-0.39, 0.29) is 18.0 Å². The molecule has 0 aliphatic heterocycles. The summed E-state index contributed by atoms with van der Waals surface area (Å²) in [5.41, 5.74) is 0.799. The van der Waals surface area contributed by atoms with Crippen LogP contribution in [0.5, 0.6) is 0 Å². The van der Waals surface area contributed by atoms with Crippen molar-refractivity contribution in [2.24, 2.45) is 5.92 Å². The highest BCUT2D eigenvalue weighted by molar-refractivity contribution is 5.69. The maximum absolute atomic E-state index is 11.7. The quantitative estimate of drug-likeness (QED) is 0.502. The number of unbranched alkanes of at least 4 members (excludes halogenated alkanes) is 1. The first-order valence-electron chi connectivity index (χ1n) is 6.87. The number of carbonyl (C=O) groups is 1. The van der Waals surface area contributed by atoms with E-state index in [1.165, 1.54) is 0 Å². The molecule has 0 aromatic rings. The normalized spacial score (nSPS) is 13.1. The zero-order chi connectivity index (χ0) is 14.0. The highest BCUT2D eigenvalue weighted by Gasteiger charge is 2.18. The molecule has 0 aromatic carbocycles. The smallest absolute Gasteiger partial charge is 0.307 e. The van der Waals surface area contributed by atoms with E-state index in [1.54, 1.807) is 0 Å². The summed E-state index contributed by atoms with van der Waals surface area (Å²) in [6.07, 6.45) is 4.14. The molecule has 0 amide bonds. The van der Waals surface area contributed by atoms with E-state index >= 15 is 0 Å². The van der Waals surface area contributed by atoms with Crippen LogP contribution in [0.2, 0.25) is 0 Å². The number of rotatable bonds is 7.